The summed E-state index contributed by atoms with van der Waals surface area (Å²) in [5.74, 6) is 3.29. The van der Waals surface area contributed by atoms with Gasteiger partial charge in [-0.15, -0.1) is 0 Å². The zero-order valence-corrected chi connectivity index (χ0v) is 7.95. The third-order valence-corrected chi connectivity index (χ3v) is 1.78. The van der Waals surface area contributed by atoms with Gasteiger partial charge in [-0.3, -0.25) is 4.98 Å². The van der Waals surface area contributed by atoms with Crippen LogP contribution in [0.5, 0.6) is 0 Å². The molecule has 0 aliphatic rings. The molecule has 0 aliphatic carbocycles. The quantitative estimate of drug-likeness (QED) is 0.643. The first-order chi connectivity index (χ1) is 6.34. The zero-order valence-electron chi connectivity index (χ0n) is 7.95. The van der Waals surface area contributed by atoms with Crippen molar-refractivity contribution in [3.8, 4) is 12.0 Å². The molecule has 68 valence electrons. The van der Waals surface area contributed by atoms with Gasteiger partial charge in [0.1, 0.15) is 6.11 Å². The Hall–Kier alpha value is -1.49. The maximum atomic E-state index is 4.65. The first-order valence-corrected chi connectivity index (χ1v) is 4.26. The lowest BCUT2D eigenvalue weighted by Crippen LogP contribution is -1.94. The highest BCUT2D eigenvalue weighted by atomic mass is 16.5. The second-order valence-corrected chi connectivity index (χ2v) is 2.84. The Morgan fingerprint density at radius 1 is 1.54 bits per heavy atom. The third-order valence-electron chi connectivity index (χ3n) is 1.78. The van der Waals surface area contributed by atoms with Gasteiger partial charge < -0.3 is 4.74 Å². The summed E-state index contributed by atoms with van der Waals surface area (Å²) >= 11 is 0. The van der Waals surface area contributed by atoms with Crippen LogP contribution >= 0.6 is 0 Å². The molecule has 1 atom stereocenters. The fourth-order valence-electron chi connectivity index (χ4n) is 1.04. The van der Waals surface area contributed by atoms with Crippen LogP contribution in [0.15, 0.2) is 24.4 Å². The Morgan fingerprint density at radius 2 is 2.38 bits per heavy atom. The van der Waals surface area contributed by atoms with Crippen molar-refractivity contribution in [1.29, 1.82) is 0 Å². The molecule has 13 heavy (non-hydrogen) atoms. The summed E-state index contributed by atoms with van der Waals surface area (Å²) in [6.07, 6.45) is 5.15. The van der Waals surface area contributed by atoms with Crippen molar-refractivity contribution >= 4 is 0 Å². The Balaban J connectivity index is 2.54. The Kier molecular flexibility index (Phi) is 3.84. The number of hydrogen-bond donors (Lipinski definition) is 0. The molecule has 1 rings (SSSR count). The molecule has 0 unspecified atom stereocenters. The topological polar surface area (TPSA) is 22.1 Å². The lowest BCUT2D eigenvalue weighted by Gasteiger charge is -2.04. The van der Waals surface area contributed by atoms with E-state index in [0.29, 0.717) is 5.92 Å². The largest absolute Gasteiger partial charge is 0.450 e. The minimum Gasteiger partial charge on any atom is -0.450 e. The average molecular weight is 175 g/mol. The van der Waals surface area contributed by atoms with Crippen molar-refractivity contribution in [2.24, 2.45) is 0 Å². The van der Waals surface area contributed by atoms with Gasteiger partial charge in [-0.25, -0.2) is 0 Å². The van der Waals surface area contributed by atoms with E-state index in [4.69, 9.17) is 0 Å². The molecule has 0 spiro atoms. The molecule has 0 aromatic carbocycles. The van der Waals surface area contributed by atoms with Crippen molar-refractivity contribution in [2.75, 3.05) is 7.11 Å². The minimum absolute atomic E-state index is 0.365. The van der Waals surface area contributed by atoms with Gasteiger partial charge in [0, 0.05) is 24.2 Å². The van der Waals surface area contributed by atoms with E-state index in [9.17, 15) is 0 Å². The number of methoxy groups -OCH3 is 1. The molecule has 0 bridgehead atoms. The van der Waals surface area contributed by atoms with E-state index in [-0.39, 0.29) is 0 Å². The molecule has 1 aromatic heterocycles. The van der Waals surface area contributed by atoms with Crippen molar-refractivity contribution in [2.45, 2.75) is 19.3 Å². The Labute approximate surface area is 79.0 Å². The van der Waals surface area contributed by atoms with Gasteiger partial charge in [0.25, 0.3) is 0 Å². The number of pyridine rings is 1. The number of rotatable bonds is 2. The summed E-state index contributed by atoms with van der Waals surface area (Å²) < 4.78 is 4.65. The van der Waals surface area contributed by atoms with Gasteiger partial charge in [0.15, 0.2) is 0 Å². The summed E-state index contributed by atoms with van der Waals surface area (Å²) in [6.45, 7) is 2.10. The summed E-state index contributed by atoms with van der Waals surface area (Å²) in [7, 11) is 1.57. The molecular weight excluding hydrogens is 162 g/mol. The first-order valence-electron chi connectivity index (χ1n) is 4.26. The van der Waals surface area contributed by atoms with Crippen molar-refractivity contribution in [3.63, 3.8) is 0 Å². The van der Waals surface area contributed by atoms with Crippen LogP contribution in [-0.2, 0) is 4.74 Å². The summed E-state index contributed by atoms with van der Waals surface area (Å²) in [4.78, 5) is 4.25. The number of aromatic nitrogens is 1. The molecule has 0 radical (unpaired) electrons. The second kappa shape index (κ2) is 5.21. The highest BCUT2D eigenvalue weighted by Crippen LogP contribution is 2.14. The molecule has 0 N–H and O–H groups in total. The predicted molar refractivity (Wildman–Crippen MR) is 52.1 cm³/mol. The van der Waals surface area contributed by atoms with Crippen LogP contribution in [0.3, 0.4) is 0 Å². The van der Waals surface area contributed by atoms with Crippen LogP contribution in [0.25, 0.3) is 0 Å². The van der Waals surface area contributed by atoms with Crippen LogP contribution < -0.4 is 0 Å². The standard InChI is InChI=1S/C11H13NO/c1-10(6-5-9-13-2)11-7-3-4-8-12-11/h3-4,7-8,10H,6H2,1-2H3/t10-/m1/s1. The summed E-state index contributed by atoms with van der Waals surface area (Å²) in [6, 6.07) is 5.92. The lowest BCUT2D eigenvalue weighted by molar-refractivity contribution is 0.371. The van der Waals surface area contributed by atoms with Crippen LogP contribution in [0.2, 0.25) is 0 Å². The highest BCUT2D eigenvalue weighted by molar-refractivity contribution is 5.11. The summed E-state index contributed by atoms with van der Waals surface area (Å²) in [5, 5.41) is 0. The van der Waals surface area contributed by atoms with Gasteiger partial charge in [-0.2, -0.15) is 0 Å². The molecule has 1 heterocycles. The summed E-state index contributed by atoms with van der Waals surface area (Å²) in [5.41, 5.74) is 1.08. The molecule has 0 saturated carbocycles. The number of hydrogen-bond acceptors (Lipinski definition) is 2. The van der Waals surface area contributed by atoms with Crippen LogP contribution in [0.1, 0.15) is 25.0 Å². The van der Waals surface area contributed by atoms with E-state index in [1.54, 1.807) is 13.3 Å². The molecule has 2 nitrogen and oxygen atoms in total. The second-order valence-electron chi connectivity index (χ2n) is 2.84. The lowest BCUT2D eigenvalue weighted by atomic mass is 10.0. The fourth-order valence-corrected chi connectivity index (χ4v) is 1.04. The third kappa shape index (κ3) is 3.16. The van der Waals surface area contributed by atoms with E-state index in [0.717, 1.165) is 12.1 Å². The maximum absolute atomic E-state index is 4.65. The highest BCUT2D eigenvalue weighted by Gasteiger charge is 2.03. The van der Waals surface area contributed by atoms with Gasteiger partial charge in [-0.05, 0) is 12.1 Å². The van der Waals surface area contributed by atoms with Crippen LogP contribution in [0.4, 0.5) is 0 Å². The van der Waals surface area contributed by atoms with E-state index in [2.05, 4.69) is 28.7 Å². The van der Waals surface area contributed by atoms with Gasteiger partial charge in [0.05, 0.1) is 7.11 Å². The van der Waals surface area contributed by atoms with Crippen LogP contribution in [0, 0.1) is 12.0 Å². The molecule has 2 heteroatoms. The molecule has 0 saturated heterocycles. The van der Waals surface area contributed by atoms with Crippen LogP contribution in [-0.4, -0.2) is 12.1 Å². The van der Waals surface area contributed by atoms with E-state index in [1.165, 1.54) is 0 Å². The SMILES string of the molecule is COC#CC[C@@H](C)c1ccccn1. The van der Waals surface area contributed by atoms with Gasteiger partial charge >= 0.3 is 0 Å². The maximum Gasteiger partial charge on any atom is 0.109 e. The van der Waals surface area contributed by atoms with Gasteiger partial charge in [-0.1, -0.05) is 18.9 Å². The molecular formula is C11H13NO. The average Bonchev–Trinajstić information content (AvgIpc) is 2.19. The Morgan fingerprint density at radius 3 is 3.00 bits per heavy atom. The smallest absolute Gasteiger partial charge is 0.109 e. The normalized spacial score (nSPS) is 11.2. The zero-order chi connectivity index (χ0) is 9.52. The Bertz CT molecular complexity index is 297. The molecule has 1 aromatic rings. The molecule has 0 aliphatic heterocycles. The number of nitrogens with zero attached hydrogens (tertiary/aromatic N) is 1. The molecule has 0 amide bonds. The van der Waals surface area contributed by atoms with E-state index >= 15 is 0 Å². The van der Waals surface area contributed by atoms with Crippen molar-refractivity contribution < 1.29 is 4.74 Å². The minimum atomic E-state index is 0.365. The monoisotopic (exact) mass is 175 g/mol. The van der Waals surface area contributed by atoms with Gasteiger partial charge in [0.2, 0.25) is 0 Å². The number of ether oxygens (including phenoxy) is 1. The predicted octanol–water partition coefficient (Wildman–Crippen LogP) is 2.18. The first kappa shape index (κ1) is 9.60. The van der Waals surface area contributed by atoms with Crippen molar-refractivity contribution in [3.05, 3.63) is 30.1 Å². The van der Waals surface area contributed by atoms with E-state index < -0.39 is 0 Å². The fraction of sp³-hybridized carbons (Fsp3) is 0.364. The van der Waals surface area contributed by atoms with Crippen molar-refractivity contribution in [1.82, 2.24) is 4.98 Å². The van der Waals surface area contributed by atoms with E-state index in [1.807, 2.05) is 18.2 Å². The molecule has 0 fully saturated rings.